The third-order valence-electron chi connectivity index (χ3n) is 2.43. The second kappa shape index (κ2) is 6.51. The summed E-state index contributed by atoms with van der Waals surface area (Å²) in [5, 5.41) is 5.21. The summed E-state index contributed by atoms with van der Waals surface area (Å²) < 4.78 is 50.7. The quantitative estimate of drug-likeness (QED) is 0.640. The lowest BCUT2D eigenvalue weighted by Gasteiger charge is -2.10. The number of rotatable bonds is 5. The first kappa shape index (κ1) is 15.4. The summed E-state index contributed by atoms with van der Waals surface area (Å²) in [6.45, 7) is 0.903. The van der Waals surface area contributed by atoms with Gasteiger partial charge in [0, 0.05) is 6.54 Å². The number of hydrogen-bond acceptors (Lipinski definition) is 2. The van der Waals surface area contributed by atoms with Crippen LogP contribution in [-0.4, -0.2) is 26.0 Å². The van der Waals surface area contributed by atoms with Gasteiger partial charge in [0.1, 0.15) is 5.82 Å². The maximum Gasteiger partial charge on any atom is 0.416 e. The molecule has 0 aliphatic rings. The van der Waals surface area contributed by atoms with Crippen molar-refractivity contribution in [3.05, 3.63) is 35.1 Å². The molecule has 0 bridgehead atoms. The van der Waals surface area contributed by atoms with Crippen molar-refractivity contribution in [1.29, 1.82) is 0 Å². The first-order chi connectivity index (χ1) is 8.86. The largest absolute Gasteiger partial charge is 0.416 e. The van der Waals surface area contributed by atoms with Crippen LogP contribution in [0.25, 0.3) is 0 Å². The highest BCUT2D eigenvalue weighted by Crippen LogP contribution is 2.30. The molecular weight excluding hydrogens is 264 g/mol. The average Bonchev–Trinajstić information content (AvgIpc) is 2.33. The number of nitrogens with one attached hydrogen (secondary N) is 2. The zero-order valence-electron chi connectivity index (χ0n) is 10.3. The van der Waals surface area contributed by atoms with Crippen LogP contribution in [0.15, 0.2) is 18.2 Å². The monoisotopic (exact) mass is 278 g/mol. The minimum Gasteiger partial charge on any atom is -0.352 e. The van der Waals surface area contributed by atoms with Gasteiger partial charge in [-0.1, -0.05) is 0 Å². The van der Waals surface area contributed by atoms with Crippen LogP contribution >= 0.6 is 0 Å². The Balaban J connectivity index is 2.78. The van der Waals surface area contributed by atoms with E-state index in [0.29, 0.717) is 31.2 Å². The Morgan fingerprint density at radius 2 is 1.95 bits per heavy atom. The number of benzene rings is 1. The summed E-state index contributed by atoms with van der Waals surface area (Å²) in [6.07, 6.45) is -4.00. The van der Waals surface area contributed by atoms with Gasteiger partial charge in [0.05, 0.1) is 11.1 Å². The lowest BCUT2D eigenvalue weighted by molar-refractivity contribution is -0.137. The van der Waals surface area contributed by atoms with E-state index in [2.05, 4.69) is 10.6 Å². The molecule has 2 N–H and O–H groups in total. The first-order valence-electron chi connectivity index (χ1n) is 5.66. The summed E-state index contributed by atoms with van der Waals surface area (Å²) in [5.74, 6) is -1.82. The van der Waals surface area contributed by atoms with Gasteiger partial charge in [0.15, 0.2) is 0 Å². The molecule has 7 heteroatoms. The molecule has 1 rings (SSSR count). The molecule has 19 heavy (non-hydrogen) atoms. The molecule has 0 aromatic heterocycles. The number of halogens is 4. The molecule has 0 saturated heterocycles. The Hall–Kier alpha value is -1.63. The Morgan fingerprint density at radius 3 is 2.53 bits per heavy atom. The van der Waals surface area contributed by atoms with Crippen LogP contribution in [0, 0.1) is 5.82 Å². The van der Waals surface area contributed by atoms with E-state index in [-0.39, 0.29) is 6.54 Å². The fourth-order valence-corrected chi connectivity index (χ4v) is 1.44. The van der Waals surface area contributed by atoms with Crippen LogP contribution in [0.5, 0.6) is 0 Å². The highest BCUT2D eigenvalue weighted by Gasteiger charge is 2.31. The van der Waals surface area contributed by atoms with Gasteiger partial charge < -0.3 is 10.6 Å². The Kier molecular flexibility index (Phi) is 5.29. The Morgan fingerprint density at radius 1 is 1.26 bits per heavy atom. The minimum atomic E-state index is -4.60. The van der Waals surface area contributed by atoms with Gasteiger partial charge in [-0.2, -0.15) is 13.2 Å². The normalized spacial score (nSPS) is 11.4. The number of alkyl halides is 3. The molecule has 3 nitrogen and oxygen atoms in total. The fraction of sp³-hybridized carbons (Fsp3) is 0.417. The summed E-state index contributed by atoms with van der Waals surface area (Å²) in [7, 11) is 1.73. The molecule has 0 spiro atoms. The van der Waals surface area contributed by atoms with Crippen molar-refractivity contribution in [3.63, 3.8) is 0 Å². The van der Waals surface area contributed by atoms with E-state index < -0.39 is 29.0 Å². The zero-order valence-corrected chi connectivity index (χ0v) is 10.3. The van der Waals surface area contributed by atoms with E-state index in [1.54, 1.807) is 7.05 Å². The summed E-state index contributed by atoms with van der Waals surface area (Å²) in [6, 6.07) is 1.77. The highest BCUT2D eigenvalue weighted by atomic mass is 19.4. The number of carbonyl (C=O) groups excluding carboxylic acids is 1. The Labute approximate surface area is 108 Å². The van der Waals surface area contributed by atoms with Crippen molar-refractivity contribution in [2.45, 2.75) is 12.6 Å². The van der Waals surface area contributed by atoms with Crippen LogP contribution < -0.4 is 10.6 Å². The third-order valence-corrected chi connectivity index (χ3v) is 2.43. The van der Waals surface area contributed by atoms with Crippen molar-refractivity contribution in [3.8, 4) is 0 Å². The van der Waals surface area contributed by atoms with E-state index in [1.165, 1.54) is 0 Å². The van der Waals surface area contributed by atoms with Gasteiger partial charge in [-0.15, -0.1) is 0 Å². The van der Waals surface area contributed by atoms with Crippen LogP contribution in [0.4, 0.5) is 17.6 Å². The van der Waals surface area contributed by atoms with E-state index in [4.69, 9.17) is 0 Å². The minimum absolute atomic E-state index is 0.259. The van der Waals surface area contributed by atoms with Crippen molar-refractivity contribution in [2.75, 3.05) is 20.1 Å². The number of carbonyl (C=O) groups is 1. The molecule has 0 saturated carbocycles. The van der Waals surface area contributed by atoms with Crippen LogP contribution in [-0.2, 0) is 6.18 Å². The average molecular weight is 278 g/mol. The molecular formula is C12H14F4N2O. The maximum absolute atomic E-state index is 13.3. The second-order valence-corrected chi connectivity index (χ2v) is 3.91. The van der Waals surface area contributed by atoms with Crippen molar-refractivity contribution >= 4 is 5.91 Å². The maximum atomic E-state index is 13.3. The van der Waals surface area contributed by atoms with Crippen LogP contribution in [0.2, 0.25) is 0 Å². The van der Waals surface area contributed by atoms with Crippen LogP contribution in [0.3, 0.4) is 0 Å². The molecule has 0 heterocycles. The SMILES string of the molecule is CNCCCNC(=O)c1cc(C(F)(F)F)ccc1F. The highest BCUT2D eigenvalue weighted by molar-refractivity contribution is 5.94. The molecule has 0 fully saturated rings. The number of amides is 1. The standard InChI is InChI=1S/C12H14F4N2O/c1-17-5-2-6-18-11(19)9-7-8(12(14,15)16)3-4-10(9)13/h3-4,7,17H,2,5-6H2,1H3,(H,18,19). The molecule has 0 atom stereocenters. The summed E-state index contributed by atoms with van der Waals surface area (Å²) in [4.78, 5) is 11.6. The van der Waals surface area contributed by atoms with E-state index in [9.17, 15) is 22.4 Å². The summed E-state index contributed by atoms with van der Waals surface area (Å²) >= 11 is 0. The van der Waals surface area contributed by atoms with Crippen LogP contribution in [0.1, 0.15) is 22.3 Å². The Bertz CT molecular complexity index is 446. The van der Waals surface area contributed by atoms with E-state index in [1.807, 2.05) is 0 Å². The van der Waals surface area contributed by atoms with Crippen molar-refractivity contribution in [1.82, 2.24) is 10.6 Å². The summed E-state index contributed by atoms with van der Waals surface area (Å²) in [5.41, 5.74) is -1.64. The molecule has 1 amide bonds. The lowest BCUT2D eigenvalue weighted by atomic mass is 10.1. The van der Waals surface area contributed by atoms with Gasteiger partial charge >= 0.3 is 6.18 Å². The lowest BCUT2D eigenvalue weighted by Crippen LogP contribution is -2.27. The van der Waals surface area contributed by atoms with Crippen molar-refractivity contribution < 1.29 is 22.4 Å². The third kappa shape index (κ3) is 4.51. The molecule has 0 aliphatic carbocycles. The molecule has 106 valence electrons. The topological polar surface area (TPSA) is 41.1 Å². The zero-order chi connectivity index (χ0) is 14.5. The van der Waals surface area contributed by atoms with Gasteiger partial charge in [0.25, 0.3) is 5.91 Å². The van der Waals surface area contributed by atoms with Gasteiger partial charge in [0.2, 0.25) is 0 Å². The molecule has 0 radical (unpaired) electrons. The van der Waals surface area contributed by atoms with Gasteiger partial charge in [-0.05, 0) is 38.2 Å². The van der Waals surface area contributed by atoms with E-state index in [0.717, 1.165) is 0 Å². The fourth-order valence-electron chi connectivity index (χ4n) is 1.44. The predicted octanol–water partition coefficient (Wildman–Crippen LogP) is 2.18. The molecule has 1 aromatic rings. The van der Waals surface area contributed by atoms with Gasteiger partial charge in [-0.25, -0.2) is 4.39 Å². The van der Waals surface area contributed by atoms with Gasteiger partial charge in [-0.3, -0.25) is 4.79 Å². The predicted molar refractivity (Wildman–Crippen MR) is 62.3 cm³/mol. The molecule has 0 unspecified atom stereocenters. The van der Waals surface area contributed by atoms with E-state index >= 15 is 0 Å². The molecule has 0 aliphatic heterocycles. The first-order valence-corrected chi connectivity index (χ1v) is 5.66. The van der Waals surface area contributed by atoms with Crippen molar-refractivity contribution in [2.24, 2.45) is 0 Å². The molecule has 1 aromatic carbocycles. The number of hydrogen-bond donors (Lipinski definition) is 2. The smallest absolute Gasteiger partial charge is 0.352 e. The second-order valence-electron chi connectivity index (χ2n) is 3.91.